The zero-order valence-corrected chi connectivity index (χ0v) is 13.1. The van der Waals surface area contributed by atoms with Crippen LogP contribution in [0.25, 0.3) is 0 Å². The lowest BCUT2D eigenvalue weighted by Crippen LogP contribution is -2.34. The minimum atomic E-state index is -3.45. The smallest absolute Gasteiger partial charge is 0.243 e. The molecule has 0 bridgehead atoms. The summed E-state index contributed by atoms with van der Waals surface area (Å²) in [7, 11) is -1.86. The fraction of sp³-hybridized carbons (Fsp3) is 0.571. The van der Waals surface area contributed by atoms with E-state index in [2.05, 4.69) is 0 Å². The Morgan fingerprint density at radius 1 is 1.30 bits per heavy atom. The quantitative estimate of drug-likeness (QED) is 0.744. The van der Waals surface area contributed by atoms with Crippen LogP contribution < -0.4 is 4.74 Å². The van der Waals surface area contributed by atoms with Crippen molar-refractivity contribution in [3.05, 3.63) is 24.3 Å². The third-order valence-corrected chi connectivity index (χ3v) is 5.27. The summed E-state index contributed by atoms with van der Waals surface area (Å²) in [4.78, 5) is 0.259. The van der Waals surface area contributed by atoms with Crippen LogP contribution in [0, 0.1) is 0 Å². The summed E-state index contributed by atoms with van der Waals surface area (Å²) >= 11 is 0. The molecule has 0 spiro atoms. The Hall–Kier alpha value is -1.11. The van der Waals surface area contributed by atoms with E-state index in [0.717, 1.165) is 6.42 Å². The Morgan fingerprint density at radius 3 is 2.40 bits per heavy atom. The van der Waals surface area contributed by atoms with E-state index >= 15 is 0 Å². The third-order valence-electron chi connectivity index (χ3n) is 3.28. The van der Waals surface area contributed by atoms with Crippen LogP contribution in [-0.4, -0.2) is 44.1 Å². The van der Waals surface area contributed by atoms with Gasteiger partial charge in [0.1, 0.15) is 5.75 Å². The van der Waals surface area contributed by atoms with Crippen LogP contribution in [-0.2, 0) is 10.0 Å². The predicted molar refractivity (Wildman–Crippen MR) is 78.3 cm³/mol. The first-order valence-electron chi connectivity index (χ1n) is 6.75. The molecule has 20 heavy (non-hydrogen) atoms. The van der Waals surface area contributed by atoms with Gasteiger partial charge < -0.3 is 9.84 Å². The van der Waals surface area contributed by atoms with Crippen molar-refractivity contribution in [1.82, 2.24) is 4.31 Å². The number of hydrogen-bond donors (Lipinski definition) is 1. The normalized spacial score (nSPS) is 13.4. The summed E-state index contributed by atoms with van der Waals surface area (Å²) in [6.07, 6.45) is 1.31. The molecule has 1 atom stereocenters. The van der Waals surface area contributed by atoms with E-state index < -0.39 is 10.0 Å². The van der Waals surface area contributed by atoms with Crippen LogP contribution in [0.3, 0.4) is 0 Å². The molecule has 5 nitrogen and oxygen atoms in total. The highest BCUT2D eigenvalue weighted by Gasteiger charge is 2.24. The average Bonchev–Trinajstić information content (AvgIpc) is 2.46. The summed E-state index contributed by atoms with van der Waals surface area (Å²) in [5.74, 6) is 0.601. The lowest BCUT2D eigenvalue weighted by molar-refractivity contribution is 0.233. The molecule has 0 heterocycles. The number of nitrogens with zero attached hydrogens (tertiary/aromatic N) is 1. The summed E-state index contributed by atoms with van der Waals surface area (Å²) in [6.45, 7) is 4.32. The second-order valence-corrected chi connectivity index (χ2v) is 6.67. The molecule has 1 N–H and O–H groups in total. The van der Waals surface area contributed by atoms with Crippen LogP contribution >= 0.6 is 0 Å². The largest absolute Gasteiger partial charge is 0.494 e. The van der Waals surface area contributed by atoms with Gasteiger partial charge in [0.25, 0.3) is 0 Å². The summed E-state index contributed by atoms with van der Waals surface area (Å²) in [6, 6.07) is 6.31. The maximum atomic E-state index is 12.4. The molecule has 0 saturated carbocycles. The van der Waals surface area contributed by atoms with Crippen molar-refractivity contribution in [3.63, 3.8) is 0 Å². The molecule has 0 fully saturated rings. The van der Waals surface area contributed by atoms with Crippen LogP contribution in [0.4, 0.5) is 0 Å². The van der Waals surface area contributed by atoms with Crippen molar-refractivity contribution < 1.29 is 18.3 Å². The molecule has 0 radical (unpaired) electrons. The molecule has 6 heteroatoms. The molecule has 0 aliphatic carbocycles. The van der Waals surface area contributed by atoms with E-state index in [0.29, 0.717) is 18.8 Å². The summed E-state index contributed by atoms with van der Waals surface area (Å²) < 4.78 is 31.5. The zero-order chi connectivity index (χ0) is 15.2. The van der Waals surface area contributed by atoms with Gasteiger partial charge in [-0.25, -0.2) is 8.42 Å². The van der Waals surface area contributed by atoms with Crippen molar-refractivity contribution >= 4 is 10.0 Å². The molecule has 1 aromatic rings. The second kappa shape index (κ2) is 7.61. The SMILES string of the molecule is CCC(C)N(C)S(=O)(=O)c1ccc(OCCCO)cc1. The standard InChI is InChI=1S/C14H23NO4S/c1-4-12(2)15(3)20(17,18)14-8-6-13(7-9-14)19-11-5-10-16/h6-9,12,16H,4-5,10-11H2,1-3H3. The maximum absolute atomic E-state index is 12.4. The lowest BCUT2D eigenvalue weighted by atomic mass is 10.3. The topological polar surface area (TPSA) is 66.8 Å². The first-order valence-corrected chi connectivity index (χ1v) is 8.19. The highest BCUT2D eigenvalue weighted by Crippen LogP contribution is 2.20. The highest BCUT2D eigenvalue weighted by molar-refractivity contribution is 7.89. The first kappa shape index (κ1) is 16.9. The molecular weight excluding hydrogens is 278 g/mol. The van der Waals surface area contributed by atoms with Gasteiger partial charge in [-0.05, 0) is 37.6 Å². The number of ether oxygens (including phenoxy) is 1. The van der Waals surface area contributed by atoms with Crippen LogP contribution in [0.2, 0.25) is 0 Å². The highest BCUT2D eigenvalue weighted by atomic mass is 32.2. The summed E-state index contributed by atoms with van der Waals surface area (Å²) in [5.41, 5.74) is 0. The van der Waals surface area contributed by atoms with Gasteiger partial charge >= 0.3 is 0 Å². The fourth-order valence-corrected chi connectivity index (χ4v) is 3.06. The van der Waals surface area contributed by atoms with Crippen LogP contribution in [0.5, 0.6) is 5.75 Å². The van der Waals surface area contributed by atoms with Gasteiger partial charge in [-0.3, -0.25) is 0 Å². The molecule has 1 rings (SSSR count). The van der Waals surface area contributed by atoms with Gasteiger partial charge in [-0.1, -0.05) is 6.92 Å². The molecule has 114 valence electrons. The van der Waals surface area contributed by atoms with Crippen molar-refractivity contribution in [2.75, 3.05) is 20.3 Å². The van der Waals surface area contributed by atoms with Gasteiger partial charge in [-0.2, -0.15) is 4.31 Å². The van der Waals surface area contributed by atoms with Crippen LogP contribution in [0.15, 0.2) is 29.2 Å². The third kappa shape index (κ3) is 4.19. The number of rotatable bonds is 8. The summed E-state index contributed by atoms with van der Waals surface area (Å²) in [5, 5.41) is 8.67. The second-order valence-electron chi connectivity index (χ2n) is 4.68. The Labute approximate surface area is 121 Å². The lowest BCUT2D eigenvalue weighted by Gasteiger charge is -2.23. The van der Waals surface area contributed by atoms with E-state index in [-0.39, 0.29) is 17.5 Å². The predicted octanol–water partition coefficient (Wildman–Crippen LogP) is 1.87. The molecule has 0 aliphatic rings. The average molecular weight is 301 g/mol. The first-order chi connectivity index (χ1) is 9.43. The number of aliphatic hydroxyl groups is 1. The van der Waals surface area contributed by atoms with E-state index in [1.54, 1.807) is 31.3 Å². The van der Waals surface area contributed by atoms with Gasteiger partial charge in [0, 0.05) is 26.1 Å². The van der Waals surface area contributed by atoms with Gasteiger partial charge in [0.15, 0.2) is 0 Å². The Bertz CT molecular complexity index is 498. The molecule has 0 saturated heterocycles. The molecule has 1 unspecified atom stereocenters. The minimum absolute atomic E-state index is 0.0412. The Kier molecular flexibility index (Phi) is 6.45. The molecule has 0 amide bonds. The van der Waals surface area contributed by atoms with Crippen molar-refractivity contribution in [3.8, 4) is 5.75 Å². The zero-order valence-electron chi connectivity index (χ0n) is 12.2. The number of benzene rings is 1. The monoisotopic (exact) mass is 301 g/mol. The number of sulfonamides is 1. The van der Waals surface area contributed by atoms with E-state index in [1.807, 2.05) is 13.8 Å². The van der Waals surface area contributed by atoms with E-state index in [4.69, 9.17) is 9.84 Å². The maximum Gasteiger partial charge on any atom is 0.243 e. The van der Waals surface area contributed by atoms with Crippen molar-refractivity contribution in [2.45, 2.75) is 37.6 Å². The van der Waals surface area contributed by atoms with E-state index in [9.17, 15) is 8.42 Å². The van der Waals surface area contributed by atoms with Gasteiger partial charge in [-0.15, -0.1) is 0 Å². The molecule has 1 aromatic carbocycles. The molecule has 0 aliphatic heterocycles. The Balaban J connectivity index is 2.81. The molecular formula is C14H23NO4S. The number of hydrogen-bond acceptors (Lipinski definition) is 4. The van der Waals surface area contributed by atoms with Crippen molar-refractivity contribution in [2.24, 2.45) is 0 Å². The van der Waals surface area contributed by atoms with Gasteiger partial charge in [0.2, 0.25) is 10.0 Å². The Morgan fingerprint density at radius 2 is 1.90 bits per heavy atom. The van der Waals surface area contributed by atoms with Gasteiger partial charge in [0.05, 0.1) is 11.5 Å². The number of aliphatic hydroxyl groups excluding tert-OH is 1. The van der Waals surface area contributed by atoms with Crippen molar-refractivity contribution in [1.29, 1.82) is 0 Å². The fourth-order valence-electron chi connectivity index (χ4n) is 1.62. The molecule has 0 aromatic heterocycles. The minimum Gasteiger partial charge on any atom is -0.494 e. The van der Waals surface area contributed by atoms with E-state index in [1.165, 1.54) is 4.31 Å². The van der Waals surface area contributed by atoms with Crippen LogP contribution in [0.1, 0.15) is 26.7 Å².